The summed E-state index contributed by atoms with van der Waals surface area (Å²) >= 11 is 0. The van der Waals surface area contributed by atoms with Crippen LogP contribution in [-0.2, 0) is 27.9 Å². The molecule has 0 fully saturated rings. The minimum atomic E-state index is -1.21. The highest BCUT2D eigenvalue weighted by Gasteiger charge is 2.21. The summed E-state index contributed by atoms with van der Waals surface area (Å²) in [7, 11) is 2.96. The van der Waals surface area contributed by atoms with Crippen LogP contribution in [0.15, 0.2) is 12.4 Å². The zero-order valence-corrected chi connectivity index (χ0v) is 11.8. The smallest absolute Gasteiger partial charge is 0.326 e. The Morgan fingerprint density at radius 2 is 2.19 bits per heavy atom. The van der Waals surface area contributed by atoms with Crippen LogP contribution in [0, 0.1) is 0 Å². The van der Waals surface area contributed by atoms with Crippen LogP contribution in [-0.4, -0.2) is 46.0 Å². The Bertz CT molecular complexity index is 514. The molecule has 21 heavy (non-hydrogen) atoms. The van der Waals surface area contributed by atoms with E-state index in [9.17, 15) is 14.4 Å². The Labute approximate surface area is 121 Å². The molecule has 0 saturated carbocycles. The summed E-state index contributed by atoms with van der Waals surface area (Å²) in [5.74, 6) is -1.74. The van der Waals surface area contributed by atoms with Gasteiger partial charge in [-0.05, 0) is 6.42 Å². The number of ether oxygens (including phenoxy) is 1. The number of carboxylic acids is 1. The molecule has 1 aromatic rings. The fourth-order valence-electron chi connectivity index (χ4n) is 1.58. The monoisotopic (exact) mass is 298 g/mol. The van der Waals surface area contributed by atoms with Gasteiger partial charge in [0.15, 0.2) is 0 Å². The molecule has 0 bridgehead atoms. The average molecular weight is 298 g/mol. The van der Waals surface area contributed by atoms with Crippen molar-refractivity contribution in [2.24, 2.45) is 7.05 Å². The lowest BCUT2D eigenvalue weighted by atomic mass is 10.1. The first-order chi connectivity index (χ1) is 9.92. The van der Waals surface area contributed by atoms with E-state index in [0.29, 0.717) is 0 Å². The van der Waals surface area contributed by atoms with Crippen LogP contribution < -0.4 is 10.6 Å². The third kappa shape index (κ3) is 5.93. The molecule has 1 aromatic heterocycles. The molecule has 0 saturated heterocycles. The molecule has 0 radical (unpaired) electrons. The summed E-state index contributed by atoms with van der Waals surface area (Å²) in [5, 5.41) is 17.7. The molecular weight excluding hydrogens is 280 g/mol. The maximum atomic E-state index is 11.6. The molecule has 3 N–H and O–H groups in total. The maximum absolute atomic E-state index is 11.6. The number of hydrogen-bond donors (Lipinski definition) is 3. The number of amides is 2. The largest absolute Gasteiger partial charge is 0.480 e. The molecule has 0 spiro atoms. The molecule has 1 rings (SSSR count). The number of aryl methyl sites for hydroxylation is 1. The van der Waals surface area contributed by atoms with Gasteiger partial charge in [0.1, 0.15) is 6.04 Å². The number of methoxy groups -OCH3 is 1. The van der Waals surface area contributed by atoms with Gasteiger partial charge < -0.3 is 20.5 Å². The Balaban J connectivity index is 2.41. The summed E-state index contributed by atoms with van der Waals surface area (Å²) in [6.07, 6.45) is 3.19. The molecule has 1 heterocycles. The molecule has 9 heteroatoms. The Kier molecular flexibility index (Phi) is 6.18. The Hall–Kier alpha value is -2.58. The predicted molar refractivity (Wildman–Crippen MR) is 71.3 cm³/mol. The first-order valence-corrected chi connectivity index (χ1v) is 6.24. The third-order valence-electron chi connectivity index (χ3n) is 2.68. The van der Waals surface area contributed by atoms with Gasteiger partial charge in [-0.3, -0.25) is 9.48 Å². The number of aliphatic carboxylic acids is 1. The van der Waals surface area contributed by atoms with Gasteiger partial charge in [0.2, 0.25) is 0 Å². The molecule has 0 aromatic carbocycles. The van der Waals surface area contributed by atoms with Crippen molar-refractivity contribution in [2.75, 3.05) is 7.11 Å². The number of hydrogen-bond acceptors (Lipinski definition) is 5. The van der Waals surface area contributed by atoms with Crippen molar-refractivity contribution in [3.63, 3.8) is 0 Å². The molecule has 1 atom stereocenters. The molecule has 116 valence electrons. The third-order valence-corrected chi connectivity index (χ3v) is 2.68. The van der Waals surface area contributed by atoms with E-state index in [4.69, 9.17) is 5.11 Å². The van der Waals surface area contributed by atoms with E-state index in [1.54, 1.807) is 24.1 Å². The van der Waals surface area contributed by atoms with Crippen molar-refractivity contribution in [2.45, 2.75) is 25.4 Å². The van der Waals surface area contributed by atoms with Gasteiger partial charge in [-0.1, -0.05) is 0 Å². The zero-order valence-electron chi connectivity index (χ0n) is 11.8. The molecule has 2 amide bonds. The lowest BCUT2D eigenvalue weighted by Crippen LogP contribution is -2.46. The molecule has 0 aliphatic heterocycles. The van der Waals surface area contributed by atoms with Crippen molar-refractivity contribution in [1.29, 1.82) is 0 Å². The van der Waals surface area contributed by atoms with Gasteiger partial charge in [-0.2, -0.15) is 5.10 Å². The lowest BCUT2D eigenvalue weighted by Gasteiger charge is -2.14. The summed E-state index contributed by atoms with van der Waals surface area (Å²) in [6.45, 7) is 0.225. The molecule has 0 aliphatic carbocycles. The molecule has 0 aliphatic rings. The first-order valence-electron chi connectivity index (χ1n) is 6.24. The average Bonchev–Trinajstić information content (AvgIpc) is 2.86. The van der Waals surface area contributed by atoms with E-state index in [2.05, 4.69) is 20.5 Å². The second-order valence-electron chi connectivity index (χ2n) is 4.35. The highest BCUT2D eigenvalue weighted by Crippen LogP contribution is 2.00. The summed E-state index contributed by atoms with van der Waals surface area (Å²) in [5.41, 5.74) is 0.786. The maximum Gasteiger partial charge on any atom is 0.326 e. The predicted octanol–water partition coefficient (Wildman–Crippen LogP) is -0.374. The number of nitrogens with zero attached hydrogens (tertiary/aromatic N) is 2. The molecular formula is C12H18N4O5. The van der Waals surface area contributed by atoms with E-state index < -0.39 is 24.0 Å². The van der Waals surface area contributed by atoms with Gasteiger partial charge in [-0.25, -0.2) is 9.59 Å². The molecule has 9 nitrogen and oxygen atoms in total. The second kappa shape index (κ2) is 7.88. The number of carbonyl (C=O) groups is 3. The van der Waals surface area contributed by atoms with Crippen LogP contribution in [0.25, 0.3) is 0 Å². The number of rotatable bonds is 7. The minimum Gasteiger partial charge on any atom is -0.480 e. The van der Waals surface area contributed by atoms with Crippen molar-refractivity contribution in [3.8, 4) is 0 Å². The van der Waals surface area contributed by atoms with Crippen LogP contribution in [0.4, 0.5) is 4.79 Å². The summed E-state index contributed by atoms with van der Waals surface area (Å²) in [4.78, 5) is 33.6. The van der Waals surface area contributed by atoms with Crippen LogP contribution in [0.3, 0.4) is 0 Å². The summed E-state index contributed by atoms with van der Waals surface area (Å²) < 4.78 is 6.01. The Morgan fingerprint density at radius 3 is 2.71 bits per heavy atom. The van der Waals surface area contributed by atoms with Gasteiger partial charge in [0.05, 0.1) is 13.3 Å². The van der Waals surface area contributed by atoms with Crippen molar-refractivity contribution in [3.05, 3.63) is 18.0 Å². The van der Waals surface area contributed by atoms with Crippen molar-refractivity contribution >= 4 is 18.0 Å². The van der Waals surface area contributed by atoms with E-state index in [1.807, 2.05) is 0 Å². The highest BCUT2D eigenvalue weighted by atomic mass is 16.5. The number of carboxylic acid groups (broad SMARTS) is 1. The zero-order chi connectivity index (χ0) is 15.8. The second-order valence-corrected chi connectivity index (χ2v) is 4.35. The minimum absolute atomic E-state index is 0.0394. The fourth-order valence-corrected chi connectivity index (χ4v) is 1.58. The topological polar surface area (TPSA) is 123 Å². The Morgan fingerprint density at radius 1 is 1.48 bits per heavy atom. The van der Waals surface area contributed by atoms with E-state index in [0.717, 1.165) is 5.56 Å². The summed E-state index contributed by atoms with van der Waals surface area (Å²) in [6, 6.07) is -1.78. The standard InChI is InChI=1S/C12H18N4O5/c1-16-7-8(6-14-16)5-13-12(20)15-9(11(18)19)3-4-10(17)21-2/h6-7,9H,3-5H2,1-2H3,(H,18,19)(H2,13,15,20)/t9-/m1/s1. The number of carbonyl (C=O) groups excluding carboxylic acids is 2. The van der Waals surface area contributed by atoms with Gasteiger partial charge in [-0.15, -0.1) is 0 Å². The fraction of sp³-hybridized carbons (Fsp3) is 0.500. The number of nitrogens with one attached hydrogen (secondary N) is 2. The number of urea groups is 1. The number of aromatic nitrogens is 2. The van der Waals surface area contributed by atoms with Crippen molar-refractivity contribution < 1.29 is 24.2 Å². The van der Waals surface area contributed by atoms with Gasteiger partial charge in [0.25, 0.3) is 0 Å². The highest BCUT2D eigenvalue weighted by molar-refractivity contribution is 5.83. The molecule has 0 unspecified atom stereocenters. The van der Waals surface area contributed by atoms with Crippen LogP contribution in [0.1, 0.15) is 18.4 Å². The van der Waals surface area contributed by atoms with Gasteiger partial charge in [0, 0.05) is 31.8 Å². The van der Waals surface area contributed by atoms with E-state index in [-0.39, 0.29) is 19.4 Å². The van der Waals surface area contributed by atoms with Crippen LogP contribution in [0.5, 0.6) is 0 Å². The normalized spacial score (nSPS) is 11.5. The lowest BCUT2D eigenvalue weighted by molar-refractivity contribution is -0.142. The SMILES string of the molecule is COC(=O)CC[C@@H](NC(=O)NCc1cnn(C)c1)C(=O)O. The quantitative estimate of drug-likeness (QED) is 0.590. The van der Waals surface area contributed by atoms with E-state index >= 15 is 0 Å². The van der Waals surface area contributed by atoms with Gasteiger partial charge >= 0.3 is 18.0 Å². The van der Waals surface area contributed by atoms with Crippen LogP contribution in [0.2, 0.25) is 0 Å². The van der Waals surface area contributed by atoms with Crippen molar-refractivity contribution in [1.82, 2.24) is 20.4 Å². The number of esters is 1. The van der Waals surface area contributed by atoms with Crippen LogP contribution >= 0.6 is 0 Å². The first kappa shape index (κ1) is 16.5. The van der Waals surface area contributed by atoms with E-state index in [1.165, 1.54) is 7.11 Å².